The minimum atomic E-state index is -3.69. The van der Waals surface area contributed by atoms with Crippen molar-refractivity contribution in [3.63, 3.8) is 0 Å². The van der Waals surface area contributed by atoms with Crippen molar-refractivity contribution in [1.29, 1.82) is 0 Å². The van der Waals surface area contributed by atoms with Gasteiger partial charge in [0.05, 0.1) is 4.90 Å². The van der Waals surface area contributed by atoms with E-state index in [-0.39, 0.29) is 16.6 Å². The SMILES string of the molecule is Cc1ccc(S(=O)(=O)N2CCC[C@H]2C(=O)NCCCSc2ccc(F)cc2)cc1. The summed E-state index contributed by atoms with van der Waals surface area (Å²) >= 11 is 1.59. The second-order valence-corrected chi connectivity index (χ2v) is 10.1. The van der Waals surface area contributed by atoms with E-state index in [2.05, 4.69) is 5.32 Å². The van der Waals surface area contributed by atoms with E-state index in [1.54, 1.807) is 48.2 Å². The maximum Gasteiger partial charge on any atom is 0.243 e. The Kier molecular flexibility index (Phi) is 7.32. The number of halogens is 1. The van der Waals surface area contributed by atoms with Crippen LogP contribution in [0.15, 0.2) is 58.3 Å². The van der Waals surface area contributed by atoms with E-state index in [4.69, 9.17) is 0 Å². The van der Waals surface area contributed by atoms with Gasteiger partial charge in [-0.2, -0.15) is 4.31 Å². The molecule has 8 heteroatoms. The number of sulfonamides is 1. The molecule has 3 rings (SSSR count). The van der Waals surface area contributed by atoms with Gasteiger partial charge < -0.3 is 5.32 Å². The molecule has 0 aromatic heterocycles. The number of nitrogens with zero attached hydrogens (tertiary/aromatic N) is 1. The summed E-state index contributed by atoms with van der Waals surface area (Å²) in [4.78, 5) is 13.8. The summed E-state index contributed by atoms with van der Waals surface area (Å²) in [5, 5.41) is 2.86. The Hall–Kier alpha value is -1.90. The number of amides is 1. The third-order valence-electron chi connectivity index (χ3n) is 4.84. The minimum absolute atomic E-state index is 0.221. The van der Waals surface area contributed by atoms with E-state index < -0.39 is 16.1 Å². The molecule has 2 aromatic carbocycles. The number of nitrogens with one attached hydrogen (secondary N) is 1. The van der Waals surface area contributed by atoms with Crippen molar-refractivity contribution in [2.75, 3.05) is 18.8 Å². The molecule has 29 heavy (non-hydrogen) atoms. The molecule has 1 saturated heterocycles. The molecule has 1 N–H and O–H groups in total. The average Bonchev–Trinajstić information content (AvgIpc) is 3.20. The molecule has 0 radical (unpaired) electrons. The quantitative estimate of drug-likeness (QED) is 0.507. The van der Waals surface area contributed by atoms with Crippen molar-refractivity contribution in [2.45, 2.75) is 42.0 Å². The van der Waals surface area contributed by atoms with Gasteiger partial charge in [-0.15, -0.1) is 11.8 Å². The highest BCUT2D eigenvalue weighted by atomic mass is 32.2. The third kappa shape index (κ3) is 5.58. The van der Waals surface area contributed by atoms with Crippen LogP contribution in [0.2, 0.25) is 0 Å². The molecule has 5 nitrogen and oxygen atoms in total. The second kappa shape index (κ2) is 9.73. The minimum Gasteiger partial charge on any atom is -0.355 e. The first-order valence-electron chi connectivity index (χ1n) is 9.62. The van der Waals surface area contributed by atoms with Crippen molar-refractivity contribution in [2.24, 2.45) is 0 Å². The molecule has 0 unspecified atom stereocenters. The molecule has 1 atom stereocenters. The summed E-state index contributed by atoms with van der Waals surface area (Å²) in [5.74, 6) is 0.274. The van der Waals surface area contributed by atoms with Crippen LogP contribution < -0.4 is 5.32 Å². The number of benzene rings is 2. The zero-order valence-corrected chi connectivity index (χ0v) is 17.9. The lowest BCUT2D eigenvalue weighted by Crippen LogP contribution is -2.46. The molecular weight excluding hydrogens is 411 g/mol. The van der Waals surface area contributed by atoms with Gasteiger partial charge in [-0.1, -0.05) is 17.7 Å². The molecule has 2 aromatic rings. The highest BCUT2D eigenvalue weighted by Gasteiger charge is 2.39. The number of thioether (sulfide) groups is 1. The molecule has 1 amide bonds. The Bertz CT molecular complexity index is 931. The summed E-state index contributed by atoms with van der Waals surface area (Å²) in [6, 6.07) is 12.3. The van der Waals surface area contributed by atoms with Crippen molar-refractivity contribution < 1.29 is 17.6 Å². The Morgan fingerprint density at radius 1 is 1.17 bits per heavy atom. The summed E-state index contributed by atoms with van der Waals surface area (Å²) in [6.45, 7) is 2.73. The summed E-state index contributed by atoms with van der Waals surface area (Å²) in [7, 11) is -3.69. The number of carbonyl (C=O) groups is 1. The molecule has 1 aliphatic rings. The van der Waals surface area contributed by atoms with Gasteiger partial charge in [0.1, 0.15) is 11.9 Å². The summed E-state index contributed by atoms with van der Waals surface area (Å²) in [6.07, 6.45) is 1.94. The Balaban J connectivity index is 1.50. The number of aryl methyl sites for hydroxylation is 1. The topological polar surface area (TPSA) is 66.5 Å². The van der Waals surface area contributed by atoms with Crippen LogP contribution >= 0.6 is 11.8 Å². The standard InChI is InChI=1S/C21H25FN2O3S2/c1-16-5-11-19(12-6-16)29(26,27)24-14-2-4-20(24)21(25)23-13-3-15-28-18-9-7-17(22)8-10-18/h5-12,20H,2-4,13-15H2,1H3,(H,23,25)/t20-/m0/s1. The van der Waals surface area contributed by atoms with Gasteiger partial charge in [-0.25, -0.2) is 12.8 Å². The van der Waals surface area contributed by atoms with Gasteiger partial charge in [0.2, 0.25) is 15.9 Å². The van der Waals surface area contributed by atoms with Crippen LogP contribution in [0.1, 0.15) is 24.8 Å². The lowest BCUT2D eigenvalue weighted by Gasteiger charge is -2.23. The van der Waals surface area contributed by atoms with Gasteiger partial charge in [-0.05, 0) is 68.3 Å². The van der Waals surface area contributed by atoms with Crippen LogP contribution in [0.5, 0.6) is 0 Å². The van der Waals surface area contributed by atoms with Crippen LogP contribution in [0.3, 0.4) is 0 Å². The van der Waals surface area contributed by atoms with Gasteiger partial charge in [0.15, 0.2) is 0 Å². The largest absolute Gasteiger partial charge is 0.355 e. The Labute approximate surface area is 175 Å². The molecule has 156 valence electrons. The van der Waals surface area contributed by atoms with Gasteiger partial charge >= 0.3 is 0 Å². The molecule has 1 heterocycles. The summed E-state index contributed by atoms with van der Waals surface area (Å²) in [5.41, 5.74) is 0.984. The first-order chi connectivity index (χ1) is 13.9. The van der Waals surface area contributed by atoms with Crippen molar-refractivity contribution in [3.05, 3.63) is 59.9 Å². The Morgan fingerprint density at radius 2 is 1.86 bits per heavy atom. The van der Waals surface area contributed by atoms with Gasteiger partial charge in [0, 0.05) is 18.0 Å². The van der Waals surface area contributed by atoms with Gasteiger partial charge in [0.25, 0.3) is 0 Å². The lowest BCUT2D eigenvalue weighted by molar-refractivity contribution is -0.124. The van der Waals surface area contributed by atoms with Gasteiger partial charge in [-0.3, -0.25) is 4.79 Å². The molecule has 1 aliphatic heterocycles. The fraction of sp³-hybridized carbons (Fsp3) is 0.381. The lowest BCUT2D eigenvalue weighted by atomic mass is 10.2. The van der Waals surface area contributed by atoms with Crippen molar-refractivity contribution in [3.8, 4) is 0 Å². The van der Waals surface area contributed by atoms with E-state index in [1.165, 1.54) is 16.4 Å². The maximum atomic E-state index is 12.9. The maximum absolute atomic E-state index is 12.9. The molecule has 0 aliphatic carbocycles. The number of hydrogen-bond donors (Lipinski definition) is 1. The van der Waals surface area contributed by atoms with Crippen molar-refractivity contribution >= 4 is 27.7 Å². The molecule has 1 fully saturated rings. The van der Waals surface area contributed by atoms with Crippen LogP contribution in [0.25, 0.3) is 0 Å². The Morgan fingerprint density at radius 3 is 2.55 bits per heavy atom. The first-order valence-corrected chi connectivity index (χ1v) is 12.0. The van der Waals surface area contributed by atoms with E-state index in [0.29, 0.717) is 25.9 Å². The monoisotopic (exact) mass is 436 g/mol. The predicted molar refractivity (Wildman–Crippen MR) is 113 cm³/mol. The molecule has 0 saturated carbocycles. The van der Waals surface area contributed by atoms with E-state index in [0.717, 1.165) is 22.6 Å². The van der Waals surface area contributed by atoms with Crippen LogP contribution in [-0.4, -0.2) is 43.5 Å². The van der Waals surface area contributed by atoms with Crippen LogP contribution in [-0.2, 0) is 14.8 Å². The predicted octanol–water partition coefficient (Wildman–Crippen LogP) is 3.59. The van der Waals surface area contributed by atoms with Crippen LogP contribution in [0, 0.1) is 12.7 Å². The first kappa shape index (κ1) is 21.8. The number of carbonyl (C=O) groups excluding carboxylic acids is 1. The average molecular weight is 437 g/mol. The summed E-state index contributed by atoms with van der Waals surface area (Å²) < 4.78 is 40.1. The number of rotatable bonds is 8. The molecular formula is C21H25FN2O3S2. The number of hydrogen-bond acceptors (Lipinski definition) is 4. The van der Waals surface area contributed by atoms with Crippen molar-refractivity contribution in [1.82, 2.24) is 9.62 Å². The molecule has 0 spiro atoms. The zero-order valence-electron chi connectivity index (χ0n) is 16.3. The normalized spacial score (nSPS) is 17.4. The fourth-order valence-corrected chi connectivity index (χ4v) is 5.77. The second-order valence-electron chi connectivity index (χ2n) is 7.03. The zero-order chi connectivity index (χ0) is 20.9. The highest BCUT2D eigenvalue weighted by Crippen LogP contribution is 2.26. The van der Waals surface area contributed by atoms with E-state index in [1.807, 2.05) is 6.92 Å². The third-order valence-corrected chi connectivity index (χ3v) is 7.86. The molecule has 0 bridgehead atoms. The highest BCUT2D eigenvalue weighted by molar-refractivity contribution is 7.99. The van der Waals surface area contributed by atoms with E-state index in [9.17, 15) is 17.6 Å². The smallest absolute Gasteiger partial charge is 0.243 e. The van der Waals surface area contributed by atoms with E-state index >= 15 is 0 Å². The van der Waals surface area contributed by atoms with Crippen LogP contribution in [0.4, 0.5) is 4.39 Å². The fourth-order valence-electron chi connectivity index (χ4n) is 3.26.